The van der Waals surface area contributed by atoms with E-state index in [2.05, 4.69) is 69.5 Å². The van der Waals surface area contributed by atoms with Gasteiger partial charge in [0.2, 0.25) is 0 Å². The summed E-state index contributed by atoms with van der Waals surface area (Å²) in [6.07, 6.45) is 2.38. The van der Waals surface area contributed by atoms with E-state index in [-0.39, 0.29) is 0 Å². The van der Waals surface area contributed by atoms with Gasteiger partial charge in [0.05, 0.1) is 3.79 Å². The Hall–Kier alpha value is -0.840. The molecule has 4 heteroatoms. The molecule has 1 aromatic carbocycles. The molecule has 2 heterocycles. The molecule has 1 aliphatic heterocycles. The summed E-state index contributed by atoms with van der Waals surface area (Å²) >= 11 is 5.34. The Bertz CT molecular complexity index is 596. The monoisotopic (exact) mass is 364 g/mol. The first-order valence-electron chi connectivity index (χ1n) is 7.55. The molecular weight excluding hydrogens is 344 g/mol. The molecule has 3 rings (SSSR count). The van der Waals surface area contributed by atoms with Gasteiger partial charge in [0.15, 0.2) is 0 Å². The third kappa shape index (κ3) is 3.68. The fourth-order valence-corrected chi connectivity index (χ4v) is 4.34. The summed E-state index contributed by atoms with van der Waals surface area (Å²) in [7, 11) is 0. The van der Waals surface area contributed by atoms with Gasteiger partial charge in [0.25, 0.3) is 0 Å². The zero-order chi connectivity index (χ0) is 14.7. The molecule has 0 aliphatic carbocycles. The second-order valence-electron chi connectivity index (χ2n) is 5.54. The lowest BCUT2D eigenvalue weighted by molar-refractivity contribution is 0.562. The Balaban J connectivity index is 1.43. The Morgan fingerprint density at radius 1 is 1.29 bits per heavy atom. The van der Waals surface area contributed by atoms with E-state index in [9.17, 15) is 0 Å². The predicted octanol–water partition coefficient (Wildman–Crippen LogP) is 4.61. The summed E-state index contributed by atoms with van der Waals surface area (Å²) in [4.78, 5) is 3.91. The summed E-state index contributed by atoms with van der Waals surface area (Å²) in [5, 5.41) is 3.62. The molecule has 0 radical (unpaired) electrons. The van der Waals surface area contributed by atoms with Crippen molar-refractivity contribution in [3.63, 3.8) is 0 Å². The van der Waals surface area contributed by atoms with Crippen molar-refractivity contribution in [2.75, 3.05) is 24.5 Å². The number of benzene rings is 1. The number of rotatable bonds is 6. The molecule has 0 bridgehead atoms. The lowest BCUT2D eigenvalue weighted by Gasteiger charge is -2.20. The van der Waals surface area contributed by atoms with Crippen molar-refractivity contribution < 1.29 is 0 Å². The van der Waals surface area contributed by atoms with Crippen LogP contribution in [0.2, 0.25) is 0 Å². The molecule has 1 aliphatic rings. The average Bonchev–Trinajstić information content (AvgIpc) is 3.10. The molecule has 0 fully saturated rings. The van der Waals surface area contributed by atoms with Gasteiger partial charge in [-0.1, -0.05) is 18.2 Å². The van der Waals surface area contributed by atoms with Gasteiger partial charge in [0.1, 0.15) is 0 Å². The smallest absolute Gasteiger partial charge is 0.0701 e. The normalized spacial score (nSPS) is 15.2. The van der Waals surface area contributed by atoms with E-state index in [1.165, 1.54) is 39.3 Å². The maximum absolute atomic E-state index is 3.62. The van der Waals surface area contributed by atoms with Crippen molar-refractivity contribution in [2.45, 2.75) is 25.8 Å². The molecule has 1 N–H and O–H groups in total. The van der Waals surface area contributed by atoms with Crippen molar-refractivity contribution >= 4 is 33.0 Å². The third-order valence-corrected chi connectivity index (χ3v) is 5.87. The molecule has 2 aromatic rings. The van der Waals surface area contributed by atoms with Gasteiger partial charge in [0, 0.05) is 29.7 Å². The van der Waals surface area contributed by atoms with Gasteiger partial charge in [-0.25, -0.2) is 0 Å². The van der Waals surface area contributed by atoms with Crippen molar-refractivity contribution in [2.24, 2.45) is 0 Å². The van der Waals surface area contributed by atoms with Crippen LogP contribution < -0.4 is 10.2 Å². The van der Waals surface area contributed by atoms with Gasteiger partial charge in [-0.2, -0.15) is 0 Å². The van der Waals surface area contributed by atoms with Crippen LogP contribution in [0.4, 0.5) is 5.69 Å². The molecule has 0 saturated heterocycles. The minimum absolute atomic E-state index is 0.437. The topological polar surface area (TPSA) is 15.3 Å². The highest BCUT2D eigenvalue weighted by molar-refractivity contribution is 9.11. The number of thiophene rings is 1. The Labute approximate surface area is 139 Å². The summed E-state index contributed by atoms with van der Waals surface area (Å²) < 4.78 is 1.21. The van der Waals surface area contributed by atoms with Crippen LogP contribution in [-0.4, -0.2) is 19.6 Å². The minimum atomic E-state index is 0.437. The quantitative estimate of drug-likeness (QED) is 0.752. The first-order chi connectivity index (χ1) is 10.2. The van der Waals surface area contributed by atoms with E-state index in [1.54, 1.807) is 0 Å². The summed E-state index contributed by atoms with van der Waals surface area (Å²) in [5.74, 6) is 0. The maximum Gasteiger partial charge on any atom is 0.0701 e. The van der Waals surface area contributed by atoms with Crippen molar-refractivity contribution in [1.82, 2.24) is 5.32 Å². The van der Waals surface area contributed by atoms with Gasteiger partial charge in [-0.3, -0.25) is 0 Å². The Morgan fingerprint density at radius 2 is 2.14 bits per heavy atom. The number of nitrogens with zero attached hydrogens (tertiary/aromatic N) is 1. The molecule has 112 valence electrons. The van der Waals surface area contributed by atoms with Crippen LogP contribution in [0.5, 0.6) is 0 Å². The zero-order valence-electron chi connectivity index (χ0n) is 12.3. The summed E-state index contributed by atoms with van der Waals surface area (Å²) in [5.41, 5.74) is 2.94. The number of nitrogens with one attached hydrogen (secondary N) is 1. The highest BCUT2D eigenvalue weighted by Gasteiger charge is 2.17. The SMILES string of the molecule is CC(NCCCN1CCc2ccccc21)c1ccc(Br)s1. The van der Waals surface area contributed by atoms with E-state index in [0.29, 0.717) is 6.04 Å². The zero-order valence-corrected chi connectivity index (χ0v) is 14.7. The third-order valence-electron chi connectivity index (χ3n) is 4.06. The first-order valence-corrected chi connectivity index (χ1v) is 9.16. The van der Waals surface area contributed by atoms with E-state index in [0.717, 1.165) is 13.1 Å². The number of para-hydroxylation sites is 1. The highest BCUT2D eigenvalue weighted by atomic mass is 79.9. The molecule has 21 heavy (non-hydrogen) atoms. The Morgan fingerprint density at radius 3 is 2.95 bits per heavy atom. The lowest BCUT2D eigenvalue weighted by atomic mass is 10.2. The van der Waals surface area contributed by atoms with Crippen LogP contribution >= 0.6 is 27.3 Å². The van der Waals surface area contributed by atoms with Crippen LogP contribution in [0.1, 0.15) is 29.8 Å². The van der Waals surface area contributed by atoms with E-state index in [4.69, 9.17) is 0 Å². The first kappa shape index (κ1) is 15.1. The van der Waals surface area contributed by atoms with Crippen molar-refractivity contribution in [3.05, 3.63) is 50.6 Å². The van der Waals surface area contributed by atoms with Crippen LogP contribution in [0, 0.1) is 0 Å². The lowest BCUT2D eigenvalue weighted by Crippen LogP contribution is -2.26. The second kappa shape index (κ2) is 6.95. The van der Waals surface area contributed by atoms with E-state index >= 15 is 0 Å². The van der Waals surface area contributed by atoms with Gasteiger partial charge < -0.3 is 10.2 Å². The van der Waals surface area contributed by atoms with Gasteiger partial charge in [-0.05, 0) is 66.0 Å². The van der Waals surface area contributed by atoms with Crippen LogP contribution in [0.25, 0.3) is 0 Å². The fraction of sp³-hybridized carbons (Fsp3) is 0.412. The number of hydrogen-bond acceptors (Lipinski definition) is 3. The molecule has 0 spiro atoms. The predicted molar refractivity (Wildman–Crippen MR) is 95.4 cm³/mol. The summed E-state index contributed by atoms with van der Waals surface area (Å²) in [6.45, 7) is 5.62. The summed E-state index contributed by atoms with van der Waals surface area (Å²) in [6, 6.07) is 13.6. The molecule has 1 aromatic heterocycles. The number of halogens is 1. The van der Waals surface area contributed by atoms with Crippen LogP contribution in [0.3, 0.4) is 0 Å². The van der Waals surface area contributed by atoms with Crippen molar-refractivity contribution in [1.29, 1.82) is 0 Å². The largest absolute Gasteiger partial charge is 0.371 e. The molecule has 0 amide bonds. The average molecular weight is 365 g/mol. The van der Waals surface area contributed by atoms with Crippen molar-refractivity contribution in [3.8, 4) is 0 Å². The van der Waals surface area contributed by atoms with Gasteiger partial charge >= 0.3 is 0 Å². The highest BCUT2D eigenvalue weighted by Crippen LogP contribution is 2.28. The van der Waals surface area contributed by atoms with E-state index < -0.39 is 0 Å². The molecule has 0 saturated carbocycles. The number of fused-ring (bicyclic) bond motifs is 1. The molecule has 1 unspecified atom stereocenters. The minimum Gasteiger partial charge on any atom is -0.371 e. The fourth-order valence-electron chi connectivity index (χ4n) is 2.89. The van der Waals surface area contributed by atoms with Crippen LogP contribution in [-0.2, 0) is 6.42 Å². The maximum atomic E-state index is 3.62. The number of hydrogen-bond donors (Lipinski definition) is 1. The van der Waals surface area contributed by atoms with Gasteiger partial charge in [-0.15, -0.1) is 11.3 Å². The van der Waals surface area contributed by atoms with E-state index in [1.807, 2.05) is 11.3 Å². The molecule has 1 atom stereocenters. The second-order valence-corrected chi connectivity index (χ2v) is 8.03. The number of anilines is 1. The van der Waals surface area contributed by atoms with Crippen LogP contribution in [0.15, 0.2) is 40.2 Å². The Kier molecular flexibility index (Phi) is 4.99. The standard InChI is InChI=1S/C17H21BrN2S/c1-13(16-7-8-17(18)21-16)19-10-4-11-20-12-9-14-5-2-3-6-15(14)20/h2-3,5-8,13,19H,4,9-12H2,1H3. The molecular formula is C17H21BrN2S. The molecule has 2 nitrogen and oxygen atoms in total.